The number of hydrogen-bond donors (Lipinski definition) is 0. The van der Waals surface area contributed by atoms with Crippen LogP contribution in [0.2, 0.25) is 5.02 Å². The van der Waals surface area contributed by atoms with Gasteiger partial charge >= 0.3 is 6.18 Å². The molecule has 0 radical (unpaired) electrons. The van der Waals surface area contributed by atoms with Crippen LogP contribution in [0.1, 0.15) is 37.4 Å². The number of methoxy groups -OCH3 is 1. The van der Waals surface area contributed by atoms with E-state index in [2.05, 4.69) is 10.1 Å². The molecule has 1 aliphatic heterocycles. The minimum absolute atomic E-state index is 0.0395. The summed E-state index contributed by atoms with van der Waals surface area (Å²) in [5, 5.41) is 9.63. The highest BCUT2D eigenvalue weighted by Crippen LogP contribution is 2.47. The zero-order chi connectivity index (χ0) is 29.1. The highest BCUT2D eigenvalue weighted by atomic mass is 35.5. The van der Waals surface area contributed by atoms with Crippen LogP contribution in [-0.4, -0.2) is 48.7 Å². The first kappa shape index (κ1) is 27.5. The Bertz CT molecular complexity index is 1640. The van der Waals surface area contributed by atoms with Crippen LogP contribution in [0.25, 0.3) is 22.8 Å². The third-order valence-corrected chi connectivity index (χ3v) is 7.83. The number of carbonyl (C=O) groups is 1. The lowest BCUT2D eigenvalue weighted by Gasteiger charge is -2.27. The summed E-state index contributed by atoms with van der Waals surface area (Å²) in [6.07, 6.45) is -0.230. The van der Waals surface area contributed by atoms with Crippen LogP contribution in [0.3, 0.4) is 0 Å². The van der Waals surface area contributed by atoms with Gasteiger partial charge in [-0.3, -0.25) is 14.4 Å². The van der Waals surface area contributed by atoms with Crippen LogP contribution in [-0.2, 0) is 40.9 Å². The van der Waals surface area contributed by atoms with E-state index in [-0.39, 0.29) is 42.3 Å². The van der Waals surface area contributed by atoms with E-state index in [4.69, 9.17) is 21.4 Å². The average Bonchev–Trinajstić information content (AvgIpc) is 3.25. The molecule has 2 aliphatic rings. The Morgan fingerprint density at radius 2 is 1.98 bits per heavy atom. The zero-order valence-electron chi connectivity index (χ0n) is 22.3. The molecule has 0 unspecified atom stereocenters. The van der Waals surface area contributed by atoms with E-state index in [0.717, 1.165) is 19.0 Å². The molecule has 0 bridgehead atoms. The second kappa shape index (κ2) is 9.98. The lowest BCUT2D eigenvalue weighted by atomic mass is 10.1. The van der Waals surface area contributed by atoms with Crippen molar-refractivity contribution in [3.63, 3.8) is 0 Å². The van der Waals surface area contributed by atoms with Crippen LogP contribution < -0.4 is 4.90 Å². The van der Waals surface area contributed by atoms with Gasteiger partial charge in [0.1, 0.15) is 28.8 Å². The van der Waals surface area contributed by atoms with Crippen molar-refractivity contribution in [2.24, 2.45) is 0 Å². The summed E-state index contributed by atoms with van der Waals surface area (Å²) in [5.41, 5.74) is 0.215. The van der Waals surface area contributed by atoms with Gasteiger partial charge in [-0.15, -0.1) is 0 Å². The number of aromatic nitrogens is 6. The standard InChI is InChI=1S/C27H26ClF4N7O2/c1-3-36-14-21(27(30,31)32)34-25(36)17-5-4-16(10-19(17)29)13-37-22-11-20(35-38(22)9-6-23(37)40)24-18(28)12-33-39(24)26(7-8-26)15-41-2/h4-5,10-12,14H,3,6-9,13,15H2,1-2H3. The molecule has 4 heterocycles. The highest BCUT2D eigenvalue weighted by molar-refractivity contribution is 6.33. The SMILES string of the molecule is CCn1cc(C(F)(F)F)nc1-c1ccc(CN2C(=O)CCn3nc(-c4c(Cl)cnn4C4(COC)CC4)cc32)cc1F. The number of carbonyl (C=O) groups excluding carboxylic acids is 1. The van der Waals surface area contributed by atoms with Crippen molar-refractivity contribution in [2.75, 3.05) is 18.6 Å². The Morgan fingerprint density at radius 1 is 1.20 bits per heavy atom. The zero-order valence-corrected chi connectivity index (χ0v) is 23.0. The normalized spacial score (nSPS) is 16.4. The van der Waals surface area contributed by atoms with Crippen molar-refractivity contribution in [3.8, 4) is 22.8 Å². The maximum Gasteiger partial charge on any atom is 0.434 e. The molecule has 0 atom stereocenters. The van der Waals surface area contributed by atoms with E-state index in [9.17, 15) is 18.0 Å². The Kier molecular flexibility index (Phi) is 6.68. The van der Waals surface area contributed by atoms with Crippen molar-refractivity contribution in [3.05, 3.63) is 58.8 Å². The van der Waals surface area contributed by atoms with E-state index in [1.165, 1.54) is 21.6 Å². The molecule has 1 amide bonds. The monoisotopic (exact) mass is 591 g/mol. The minimum atomic E-state index is -4.65. The molecule has 0 saturated heterocycles. The lowest BCUT2D eigenvalue weighted by Crippen LogP contribution is -2.36. The summed E-state index contributed by atoms with van der Waals surface area (Å²) in [5.74, 6) is -0.491. The van der Waals surface area contributed by atoms with Gasteiger partial charge in [0.25, 0.3) is 0 Å². The number of nitrogens with zero attached hydrogens (tertiary/aromatic N) is 7. The number of ether oxygens (including phenoxy) is 1. The third-order valence-electron chi connectivity index (χ3n) is 7.55. The number of rotatable bonds is 8. The first-order chi connectivity index (χ1) is 19.5. The number of amides is 1. The summed E-state index contributed by atoms with van der Waals surface area (Å²) in [6.45, 7) is 2.72. The topological polar surface area (TPSA) is 83.0 Å². The summed E-state index contributed by atoms with van der Waals surface area (Å²) >= 11 is 6.54. The van der Waals surface area contributed by atoms with Crippen molar-refractivity contribution in [1.82, 2.24) is 29.1 Å². The number of fused-ring (bicyclic) bond motifs is 1. The fourth-order valence-corrected chi connectivity index (χ4v) is 5.54. The number of aryl methyl sites for hydroxylation is 2. The molecule has 0 spiro atoms. The fraction of sp³-hybridized carbons (Fsp3) is 0.407. The molecule has 1 saturated carbocycles. The summed E-state index contributed by atoms with van der Waals surface area (Å²) in [7, 11) is 1.64. The van der Waals surface area contributed by atoms with Crippen molar-refractivity contribution in [1.29, 1.82) is 0 Å². The minimum Gasteiger partial charge on any atom is -0.382 e. The van der Waals surface area contributed by atoms with Crippen LogP contribution in [0.15, 0.2) is 36.7 Å². The van der Waals surface area contributed by atoms with Gasteiger partial charge in [-0.25, -0.2) is 14.1 Å². The quantitative estimate of drug-likeness (QED) is 0.252. The van der Waals surface area contributed by atoms with Crippen molar-refractivity contribution >= 4 is 23.3 Å². The van der Waals surface area contributed by atoms with E-state index >= 15 is 4.39 Å². The Hall–Kier alpha value is -3.71. The number of halogens is 5. The largest absolute Gasteiger partial charge is 0.434 e. The van der Waals surface area contributed by atoms with Crippen LogP contribution >= 0.6 is 11.6 Å². The Balaban J connectivity index is 1.31. The van der Waals surface area contributed by atoms with E-state index in [0.29, 0.717) is 40.9 Å². The molecular weight excluding hydrogens is 566 g/mol. The molecule has 216 valence electrons. The molecule has 4 aromatic rings. The van der Waals surface area contributed by atoms with E-state index in [1.807, 2.05) is 4.68 Å². The number of anilines is 1. The average molecular weight is 592 g/mol. The van der Waals surface area contributed by atoms with Gasteiger partial charge < -0.3 is 9.30 Å². The molecule has 3 aromatic heterocycles. The second-order valence-electron chi connectivity index (χ2n) is 10.3. The van der Waals surface area contributed by atoms with Crippen molar-refractivity contribution < 1.29 is 27.1 Å². The predicted octanol–water partition coefficient (Wildman–Crippen LogP) is 5.51. The van der Waals surface area contributed by atoms with Gasteiger partial charge in [0, 0.05) is 32.3 Å². The molecule has 1 aliphatic carbocycles. The van der Waals surface area contributed by atoms with Crippen LogP contribution in [0, 0.1) is 5.82 Å². The molecule has 6 rings (SSSR count). The Labute approximate surface area is 237 Å². The fourth-order valence-electron chi connectivity index (χ4n) is 5.32. The summed E-state index contributed by atoms with van der Waals surface area (Å²) < 4.78 is 65.1. The number of alkyl halides is 3. The number of benzene rings is 1. The van der Waals surface area contributed by atoms with Gasteiger partial charge in [0.15, 0.2) is 5.69 Å². The van der Waals surface area contributed by atoms with Gasteiger partial charge in [0.2, 0.25) is 5.91 Å². The highest BCUT2D eigenvalue weighted by Gasteiger charge is 2.47. The lowest BCUT2D eigenvalue weighted by molar-refractivity contribution is -0.140. The molecule has 14 heteroatoms. The van der Waals surface area contributed by atoms with Crippen LogP contribution in [0.5, 0.6) is 0 Å². The summed E-state index contributed by atoms with van der Waals surface area (Å²) in [6, 6.07) is 5.95. The maximum atomic E-state index is 15.3. The predicted molar refractivity (Wildman–Crippen MR) is 142 cm³/mol. The van der Waals surface area contributed by atoms with E-state index < -0.39 is 17.7 Å². The maximum absolute atomic E-state index is 15.3. The van der Waals surface area contributed by atoms with Crippen molar-refractivity contribution in [2.45, 2.75) is 57.5 Å². The molecule has 1 aromatic carbocycles. The molecule has 9 nitrogen and oxygen atoms in total. The van der Waals surface area contributed by atoms with Gasteiger partial charge in [-0.2, -0.15) is 23.4 Å². The molecular formula is C27H26ClF4N7O2. The molecule has 0 N–H and O–H groups in total. The number of hydrogen-bond acceptors (Lipinski definition) is 5. The summed E-state index contributed by atoms with van der Waals surface area (Å²) in [4.78, 5) is 18.2. The second-order valence-corrected chi connectivity index (χ2v) is 10.7. The first-order valence-electron chi connectivity index (χ1n) is 13.1. The van der Waals surface area contributed by atoms with Gasteiger partial charge in [0.05, 0.1) is 42.0 Å². The molecule has 1 fully saturated rings. The Morgan fingerprint density at radius 3 is 2.63 bits per heavy atom. The number of imidazole rings is 1. The molecule has 41 heavy (non-hydrogen) atoms. The first-order valence-corrected chi connectivity index (χ1v) is 13.5. The smallest absolute Gasteiger partial charge is 0.382 e. The third kappa shape index (κ3) is 4.80. The van der Waals surface area contributed by atoms with Gasteiger partial charge in [-0.1, -0.05) is 17.7 Å². The van der Waals surface area contributed by atoms with E-state index in [1.54, 1.807) is 37.0 Å². The van der Waals surface area contributed by atoms with Crippen LogP contribution in [0.4, 0.5) is 23.4 Å². The van der Waals surface area contributed by atoms with Gasteiger partial charge in [-0.05, 0) is 37.5 Å².